The van der Waals surface area contributed by atoms with Gasteiger partial charge in [-0.05, 0) is 13.0 Å². The van der Waals surface area contributed by atoms with Crippen LogP contribution in [0.2, 0.25) is 5.15 Å². The Bertz CT molecular complexity index is 526. The molecule has 0 aliphatic rings. The minimum Gasteiger partial charge on any atom is -0.433 e. The maximum atomic E-state index is 12.7. The van der Waals surface area contributed by atoms with Gasteiger partial charge in [-0.15, -0.1) is 6.42 Å². The molecular formula is C11H8ClF3N2O2. The lowest BCUT2D eigenvalue weighted by molar-refractivity contribution is -0.137. The molecule has 102 valence electrons. The number of alkyl halides is 3. The molecule has 0 bridgehead atoms. The van der Waals surface area contributed by atoms with Gasteiger partial charge < -0.3 is 4.74 Å². The average molecular weight is 293 g/mol. The molecule has 1 heterocycles. The van der Waals surface area contributed by atoms with Gasteiger partial charge in [-0.1, -0.05) is 17.5 Å². The van der Waals surface area contributed by atoms with E-state index in [0.717, 1.165) is 6.20 Å². The fourth-order valence-corrected chi connectivity index (χ4v) is 1.26. The van der Waals surface area contributed by atoms with E-state index in [2.05, 4.69) is 15.6 Å². The van der Waals surface area contributed by atoms with E-state index in [1.807, 2.05) is 5.32 Å². The van der Waals surface area contributed by atoms with E-state index in [0.29, 0.717) is 6.07 Å². The number of terminal acetylenes is 1. The third kappa shape index (κ3) is 4.34. The number of nitrogens with one attached hydrogen (secondary N) is 1. The lowest BCUT2D eigenvalue weighted by atomic mass is 10.2. The Kier molecular flexibility index (Phi) is 4.62. The second kappa shape index (κ2) is 5.80. The van der Waals surface area contributed by atoms with Crippen molar-refractivity contribution in [3.05, 3.63) is 23.0 Å². The van der Waals surface area contributed by atoms with Crippen LogP contribution in [0.5, 0.6) is 0 Å². The van der Waals surface area contributed by atoms with Crippen molar-refractivity contribution in [3.8, 4) is 12.3 Å². The predicted molar refractivity (Wildman–Crippen MR) is 62.6 cm³/mol. The highest BCUT2D eigenvalue weighted by Gasteiger charge is 2.34. The van der Waals surface area contributed by atoms with Gasteiger partial charge in [0.25, 0.3) is 0 Å². The van der Waals surface area contributed by atoms with Gasteiger partial charge >= 0.3 is 12.3 Å². The quantitative estimate of drug-likeness (QED) is 0.672. The molecule has 1 aromatic rings. The molecule has 0 aliphatic heterocycles. The van der Waals surface area contributed by atoms with Gasteiger partial charge in [0, 0.05) is 0 Å². The van der Waals surface area contributed by atoms with E-state index in [-0.39, 0.29) is 5.15 Å². The molecule has 1 aromatic heterocycles. The highest BCUT2D eigenvalue weighted by molar-refractivity contribution is 6.29. The Morgan fingerprint density at radius 1 is 1.63 bits per heavy atom. The monoisotopic (exact) mass is 292 g/mol. The number of hydrogen-bond donors (Lipinski definition) is 1. The second-order valence-corrected chi connectivity index (χ2v) is 3.78. The number of carbonyl (C=O) groups excluding carboxylic acids is 1. The summed E-state index contributed by atoms with van der Waals surface area (Å²) in [6.07, 6.45) is -0.912. The molecular weight excluding hydrogens is 285 g/mol. The first-order valence-corrected chi connectivity index (χ1v) is 5.28. The summed E-state index contributed by atoms with van der Waals surface area (Å²) in [6.45, 7) is 1.39. The Balaban J connectivity index is 2.96. The van der Waals surface area contributed by atoms with Crippen molar-refractivity contribution < 1.29 is 22.7 Å². The number of amides is 1. The zero-order valence-corrected chi connectivity index (χ0v) is 10.3. The molecule has 0 aromatic carbocycles. The van der Waals surface area contributed by atoms with Crippen LogP contribution in [0.4, 0.5) is 23.7 Å². The molecule has 0 saturated carbocycles. The summed E-state index contributed by atoms with van der Waals surface area (Å²) in [5.41, 5.74) is -1.69. The summed E-state index contributed by atoms with van der Waals surface area (Å²) in [5.74, 6) is 2.09. The zero-order valence-electron chi connectivity index (χ0n) is 9.58. The van der Waals surface area contributed by atoms with Crippen LogP contribution in [0.3, 0.4) is 0 Å². The van der Waals surface area contributed by atoms with Gasteiger partial charge in [0.2, 0.25) is 0 Å². The first-order valence-electron chi connectivity index (χ1n) is 4.90. The number of halogens is 4. The topological polar surface area (TPSA) is 51.2 Å². The first kappa shape index (κ1) is 15.1. The second-order valence-electron chi connectivity index (χ2n) is 3.39. The molecule has 8 heteroatoms. The van der Waals surface area contributed by atoms with E-state index in [4.69, 9.17) is 18.0 Å². The van der Waals surface area contributed by atoms with Crippen LogP contribution >= 0.6 is 11.6 Å². The molecule has 1 N–H and O–H groups in total. The van der Waals surface area contributed by atoms with E-state index in [1.54, 1.807) is 0 Å². The van der Waals surface area contributed by atoms with E-state index < -0.39 is 29.6 Å². The van der Waals surface area contributed by atoms with Crippen LogP contribution < -0.4 is 5.32 Å². The van der Waals surface area contributed by atoms with Crippen molar-refractivity contribution >= 4 is 23.4 Å². The van der Waals surface area contributed by atoms with Gasteiger partial charge in [-0.25, -0.2) is 9.78 Å². The minimum atomic E-state index is -4.69. The van der Waals surface area contributed by atoms with Crippen LogP contribution in [0.1, 0.15) is 12.5 Å². The Hall–Kier alpha value is -1.94. The maximum Gasteiger partial charge on any atom is 0.418 e. The van der Waals surface area contributed by atoms with Crippen LogP contribution in [0, 0.1) is 12.3 Å². The normalized spacial score (nSPS) is 12.4. The van der Waals surface area contributed by atoms with E-state index >= 15 is 0 Å². The smallest absolute Gasteiger partial charge is 0.418 e. The summed E-state index contributed by atoms with van der Waals surface area (Å²) in [6, 6.07) is 0.599. The molecule has 0 aliphatic carbocycles. The largest absolute Gasteiger partial charge is 0.433 e. The first-order chi connectivity index (χ1) is 8.74. The molecule has 1 amide bonds. The van der Waals surface area contributed by atoms with Crippen LogP contribution in [-0.2, 0) is 10.9 Å². The van der Waals surface area contributed by atoms with Gasteiger partial charge in [-0.2, -0.15) is 13.2 Å². The van der Waals surface area contributed by atoms with Crippen LogP contribution in [0.25, 0.3) is 0 Å². The highest BCUT2D eigenvalue weighted by Crippen LogP contribution is 2.35. The van der Waals surface area contributed by atoms with Crippen LogP contribution in [-0.4, -0.2) is 17.2 Å². The van der Waals surface area contributed by atoms with Gasteiger partial charge in [-0.3, -0.25) is 5.32 Å². The number of anilines is 1. The molecule has 0 fully saturated rings. The third-order valence-corrected chi connectivity index (χ3v) is 2.14. The van der Waals surface area contributed by atoms with Gasteiger partial charge in [0.1, 0.15) is 5.15 Å². The fraction of sp³-hybridized carbons (Fsp3) is 0.273. The van der Waals surface area contributed by atoms with Crippen molar-refractivity contribution in [1.82, 2.24) is 4.98 Å². The SMILES string of the molecule is C#CC(C)OC(=O)Nc1cnc(Cl)cc1C(F)(F)F. The number of carbonyl (C=O) groups is 1. The fourth-order valence-electron chi connectivity index (χ4n) is 1.10. The lowest BCUT2D eigenvalue weighted by Gasteiger charge is -2.14. The zero-order chi connectivity index (χ0) is 14.6. The van der Waals surface area contributed by atoms with Crippen molar-refractivity contribution in [2.45, 2.75) is 19.2 Å². The molecule has 19 heavy (non-hydrogen) atoms. The molecule has 1 rings (SSSR count). The molecule has 0 radical (unpaired) electrons. The summed E-state index contributed by atoms with van der Waals surface area (Å²) in [4.78, 5) is 14.7. The summed E-state index contributed by atoms with van der Waals surface area (Å²) >= 11 is 5.38. The Morgan fingerprint density at radius 3 is 2.79 bits per heavy atom. The van der Waals surface area contributed by atoms with Crippen molar-refractivity contribution in [2.75, 3.05) is 5.32 Å². The van der Waals surface area contributed by atoms with E-state index in [1.165, 1.54) is 6.92 Å². The van der Waals surface area contributed by atoms with Crippen molar-refractivity contribution in [1.29, 1.82) is 0 Å². The highest BCUT2D eigenvalue weighted by atomic mass is 35.5. The van der Waals surface area contributed by atoms with Crippen LogP contribution in [0.15, 0.2) is 12.3 Å². The summed E-state index contributed by atoms with van der Waals surface area (Å²) < 4.78 is 42.7. The Labute approximate surface area is 111 Å². The number of hydrogen-bond acceptors (Lipinski definition) is 3. The summed E-state index contributed by atoms with van der Waals surface area (Å²) in [7, 11) is 0. The average Bonchev–Trinajstić information content (AvgIpc) is 2.29. The molecule has 0 spiro atoms. The van der Waals surface area contributed by atoms with Crippen molar-refractivity contribution in [2.24, 2.45) is 0 Å². The number of nitrogens with zero attached hydrogens (tertiary/aromatic N) is 1. The maximum absolute atomic E-state index is 12.7. The minimum absolute atomic E-state index is 0.344. The lowest BCUT2D eigenvalue weighted by Crippen LogP contribution is -2.21. The third-order valence-electron chi connectivity index (χ3n) is 1.93. The molecule has 0 saturated heterocycles. The number of aromatic nitrogens is 1. The molecule has 1 unspecified atom stereocenters. The number of rotatable bonds is 2. The van der Waals surface area contributed by atoms with E-state index in [9.17, 15) is 18.0 Å². The predicted octanol–water partition coefficient (Wildman–Crippen LogP) is 3.32. The molecule has 1 atom stereocenters. The number of ether oxygens (including phenoxy) is 1. The van der Waals surface area contributed by atoms with Gasteiger partial charge in [0.05, 0.1) is 17.4 Å². The standard InChI is InChI=1S/C11H8ClF3N2O2/c1-3-6(2)19-10(18)17-8-5-16-9(12)4-7(8)11(13,14)15/h1,4-6H,2H3,(H,17,18). The number of pyridine rings is 1. The Morgan fingerprint density at radius 2 is 2.26 bits per heavy atom. The van der Waals surface area contributed by atoms with Crippen molar-refractivity contribution in [3.63, 3.8) is 0 Å². The van der Waals surface area contributed by atoms with Gasteiger partial charge in [0.15, 0.2) is 6.10 Å². The summed E-state index contributed by atoms with van der Waals surface area (Å²) in [5, 5.41) is 1.57. The molecule has 4 nitrogen and oxygen atoms in total.